The van der Waals surface area contributed by atoms with Crippen LogP contribution >= 0.6 is 11.3 Å². The van der Waals surface area contributed by atoms with E-state index in [1.54, 1.807) is 19.2 Å². The number of thiophene rings is 1. The molecule has 2 aromatic rings. The molecular weight excluding hydrogens is 432 g/mol. The zero-order valence-electron chi connectivity index (χ0n) is 16.5. The number of esters is 1. The first-order valence-corrected chi connectivity index (χ1v) is 11.3. The largest absolute Gasteiger partial charge is 0.465 e. The van der Waals surface area contributed by atoms with Gasteiger partial charge in [-0.3, -0.25) is 9.59 Å². The second-order valence-corrected chi connectivity index (χ2v) is 9.88. The Morgan fingerprint density at radius 2 is 1.90 bits per heavy atom. The summed E-state index contributed by atoms with van der Waals surface area (Å²) in [6.45, 7) is 0.359. The fourth-order valence-electron chi connectivity index (χ4n) is 3.27. The Labute approximate surface area is 177 Å². The van der Waals surface area contributed by atoms with Gasteiger partial charge in [-0.15, -0.1) is 11.3 Å². The Hall–Kier alpha value is -2.70. The Balaban J connectivity index is 1.62. The van der Waals surface area contributed by atoms with Gasteiger partial charge in [-0.25, -0.2) is 13.2 Å². The number of nitrogens with zero attached hydrogens (tertiary/aromatic N) is 2. The smallest absolute Gasteiger partial charge is 0.348 e. The van der Waals surface area contributed by atoms with Gasteiger partial charge in [-0.2, -0.15) is 4.31 Å². The monoisotopic (exact) mass is 454 g/mol. The second kappa shape index (κ2) is 8.58. The number of carbonyl (C=O) groups is 3. The lowest BCUT2D eigenvalue weighted by atomic mass is 9.97. The van der Waals surface area contributed by atoms with E-state index < -0.39 is 21.9 Å². The van der Waals surface area contributed by atoms with E-state index in [1.165, 1.54) is 28.2 Å². The molecule has 12 heteroatoms. The molecule has 0 aliphatic carbocycles. The van der Waals surface area contributed by atoms with Crippen LogP contribution in [0.25, 0.3) is 0 Å². The highest BCUT2D eigenvalue weighted by Gasteiger charge is 2.33. The molecule has 1 aliphatic heterocycles. The number of primary amides is 1. The van der Waals surface area contributed by atoms with E-state index in [9.17, 15) is 22.8 Å². The molecule has 0 radical (unpaired) electrons. The topological polar surface area (TPSA) is 141 Å². The van der Waals surface area contributed by atoms with Crippen molar-refractivity contribution >= 4 is 44.1 Å². The molecule has 10 nitrogen and oxygen atoms in total. The number of piperidine rings is 1. The van der Waals surface area contributed by atoms with Crippen molar-refractivity contribution in [3.8, 4) is 0 Å². The third kappa shape index (κ3) is 4.40. The SMILES string of the molecule is COC(=O)c1ccc(NC(=O)C2CCN(S(=O)(=O)c3cc(C(N)=O)n(C)c3)CC2)s1. The van der Waals surface area contributed by atoms with Crippen LogP contribution in [0, 0.1) is 5.92 Å². The van der Waals surface area contributed by atoms with Crippen LogP contribution in [-0.4, -0.2) is 55.3 Å². The minimum Gasteiger partial charge on any atom is -0.465 e. The summed E-state index contributed by atoms with van der Waals surface area (Å²) in [6.07, 6.45) is 2.07. The van der Waals surface area contributed by atoms with E-state index in [4.69, 9.17) is 5.73 Å². The molecule has 0 atom stereocenters. The van der Waals surface area contributed by atoms with E-state index >= 15 is 0 Å². The van der Waals surface area contributed by atoms with Crippen LogP contribution < -0.4 is 11.1 Å². The molecule has 0 bridgehead atoms. The average molecular weight is 455 g/mol. The van der Waals surface area contributed by atoms with Gasteiger partial charge in [-0.05, 0) is 31.0 Å². The van der Waals surface area contributed by atoms with Crippen molar-refractivity contribution in [3.63, 3.8) is 0 Å². The Kier molecular flexibility index (Phi) is 6.29. The van der Waals surface area contributed by atoms with E-state index in [-0.39, 0.29) is 35.5 Å². The number of ether oxygens (including phenoxy) is 1. The van der Waals surface area contributed by atoms with Gasteiger partial charge in [0.2, 0.25) is 15.9 Å². The molecule has 30 heavy (non-hydrogen) atoms. The Bertz CT molecular complexity index is 1080. The van der Waals surface area contributed by atoms with E-state index in [2.05, 4.69) is 10.1 Å². The van der Waals surface area contributed by atoms with Gasteiger partial charge >= 0.3 is 5.97 Å². The molecule has 0 saturated carbocycles. The lowest BCUT2D eigenvalue weighted by Gasteiger charge is -2.30. The molecule has 3 N–H and O–H groups in total. The van der Waals surface area contributed by atoms with Crippen LogP contribution in [0.2, 0.25) is 0 Å². The van der Waals surface area contributed by atoms with Gasteiger partial charge < -0.3 is 20.4 Å². The highest BCUT2D eigenvalue weighted by atomic mass is 32.2. The molecule has 3 rings (SSSR count). The number of aryl methyl sites for hydroxylation is 1. The van der Waals surface area contributed by atoms with Crippen LogP contribution in [0.5, 0.6) is 0 Å². The van der Waals surface area contributed by atoms with Gasteiger partial charge in [-0.1, -0.05) is 0 Å². The molecule has 3 heterocycles. The van der Waals surface area contributed by atoms with Crippen LogP contribution in [0.3, 0.4) is 0 Å². The van der Waals surface area contributed by atoms with Crippen molar-refractivity contribution in [1.82, 2.24) is 8.87 Å². The maximum Gasteiger partial charge on any atom is 0.348 e. The lowest BCUT2D eigenvalue weighted by Crippen LogP contribution is -2.41. The Morgan fingerprint density at radius 1 is 1.23 bits per heavy atom. The molecule has 1 fully saturated rings. The molecule has 0 aromatic carbocycles. The summed E-state index contributed by atoms with van der Waals surface area (Å²) in [4.78, 5) is 35.8. The number of methoxy groups -OCH3 is 1. The number of aromatic nitrogens is 1. The number of nitrogens with two attached hydrogens (primary N) is 1. The highest BCUT2D eigenvalue weighted by molar-refractivity contribution is 7.89. The zero-order valence-corrected chi connectivity index (χ0v) is 18.1. The van der Waals surface area contributed by atoms with Crippen LogP contribution in [0.15, 0.2) is 29.3 Å². The van der Waals surface area contributed by atoms with Crippen LogP contribution in [-0.2, 0) is 26.6 Å². The molecule has 0 spiro atoms. The summed E-state index contributed by atoms with van der Waals surface area (Å²) in [5.74, 6) is -1.75. The molecular formula is C18H22N4O6S2. The van der Waals surface area contributed by atoms with Crippen molar-refractivity contribution in [2.45, 2.75) is 17.7 Å². The predicted octanol–water partition coefficient (Wildman–Crippen LogP) is 1.01. The average Bonchev–Trinajstić information content (AvgIpc) is 3.34. The standard InChI is InChI=1S/C18H22N4O6S2/c1-21-10-12(9-13(21)16(19)23)30(26,27)22-7-5-11(6-8-22)17(24)20-15-4-3-14(29-15)18(25)28-2/h3-4,9-11H,5-8H2,1-2H3,(H2,19,23)(H,20,24). The third-order valence-corrected chi connectivity index (χ3v) is 7.78. The molecule has 1 saturated heterocycles. The van der Waals surface area contributed by atoms with Crippen molar-refractivity contribution in [1.29, 1.82) is 0 Å². The number of anilines is 1. The third-order valence-electron chi connectivity index (χ3n) is 4.93. The normalized spacial score (nSPS) is 15.7. The number of hydrogen-bond acceptors (Lipinski definition) is 7. The minimum atomic E-state index is -3.79. The van der Waals surface area contributed by atoms with E-state index in [1.807, 2.05) is 0 Å². The fraction of sp³-hybridized carbons (Fsp3) is 0.389. The first-order chi connectivity index (χ1) is 14.1. The number of amides is 2. The second-order valence-electron chi connectivity index (χ2n) is 6.86. The summed E-state index contributed by atoms with van der Waals surface area (Å²) >= 11 is 1.11. The number of nitrogens with one attached hydrogen (secondary N) is 1. The number of rotatable bonds is 6. The zero-order chi connectivity index (χ0) is 22.1. The molecule has 2 aromatic heterocycles. The predicted molar refractivity (Wildman–Crippen MR) is 110 cm³/mol. The maximum absolute atomic E-state index is 12.9. The van der Waals surface area contributed by atoms with E-state index in [0.29, 0.717) is 22.7 Å². The van der Waals surface area contributed by atoms with Gasteiger partial charge in [0.15, 0.2) is 0 Å². The summed E-state index contributed by atoms with van der Waals surface area (Å²) in [5, 5.41) is 3.30. The van der Waals surface area contributed by atoms with Crippen molar-refractivity contribution in [2.24, 2.45) is 18.7 Å². The quantitative estimate of drug-likeness (QED) is 0.624. The minimum absolute atomic E-state index is 0.00405. The summed E-state index contributed by atoms with van der Waals surface area (Å²) in [5.41, 5.74) is 5.35. The van der Waals surface area contributed by atoms with Crippen molar-refractivity contribution in [3.05, 3.63) is 35.0 Å². The number of carbonyl (C=O) groups excluding carboxylic acids is 3. The Morgan fingerprint density at radius 3 is 2.47 bits per heavy atom. The fourth-order valence-corrected chi connectivity index (χ4v) is 5.64. The molecule has 162 valence electrons. The molecule has 0 unspecified atom stereocenters. The van der Waals surface area contributed by atoms with Crippen molar-refractivity contribution < 1.29 is 27.5 Å². The first-order valence-electron chi connectivity index (χ1n) is 9.09. The number of sulfonamides is 1. The summed E-state index contributed by atoms with van der Waals surface area (Å²) < 4.78 is 33.0. The van der Waals surface area contributed by atoms with Gasteiger partial charge in [0.05, 0.1) is 12.1 Å². The lowest BCUT2D eigenvalue weighted by molar-refractivity contribution is -0.120. The summed E-state index contributed by atoms with van der Waals surface area (Å²) in [7, 11) is -0.959. The summed E-state index contributed by atoms with van der Waals surface area (Å²) in [6, 6.07) is 4.45. The first kappa shape index (κ1) is 22.0. The molecule has 1 aliphatic rings. The molecule has 2 amide bonds. The van der Waals surface area contributed by atoms with Crippen LogP contribution in [0.4, 0.5) is 5.00 Å². The van der Waals surface area contributed by atoms with E-state index in [0.717, 1.165) is 11.3 Å². The van der Waals surface area contributed by atoms with Crippen molar-refractivity contribution in [2.75, 3.05) is 25.5 Å². The van der Waals surface area contributed by atoms with Gasteiger partial charge in [0, 0.05) is 32.3 Å². The highest BCUT2D eigenvalue weighted by Crippen LogP contribution is 2.27. The van der Waals surface area contributed by atoms with Gasteiger partial charge in [0.25, 0.3) is 5.91 Å². The van der Waals surface area contributed by atoms with Gasteiger partial charge in [0.1, 0.15) is 15.5 Å². The maximum atomic E-state index is 12.9. The van der Waals surface area contributed by atoms with Crippen LogP contribution in [0.1, 0.15) is 33.0 Å². The number of hydrogen-bond donors (Lipinski definition) is 2.